The van der Waals surface area contributed by atoms with E-state index in [4.69, 9.17) is 0 Å². The standard InChI is InChI=1S/C18H20N2O5S/c1-4-14-7-5-6-12(2)17(14)19-18(21)13(3)26(24,25)16-10-8-15(9-11-16)20(22)23/h5-11,13H,4H2,1-3H3,(H,19,21)/t13-/m0/s1. The molecule has 26 heavy (non-hydrogen) atoms. The number of rotatable bonds is 6. The number of carbonyl (C=O) groups excluding carboxylic acids is 1. The Hall–Kier alpha value is -2.74. The Morgan fingerprint density at radius 3 is 2.35 bits per heavy atom. The van der Waals surface area contributed by atoms with E-state index in [2.05, 4.69) is 5.32 Å². The summed E-state index contributed by atoms with van der Waals surface area (Å²) in [5, 5.41) is 12.1. The van der Waals surface area contributed by atoms with Crippen molar-refractivity contribution in [2.75, 3.05) is 5.32 Å². The third-order valence-corrected chi connectivity index (χ3v) is 6.27. The molecule has 0 aromatic heterocycles. The summed E-state index contributed by atoms with van der Waals surface area (Å²) in [4.78, 5) is 22.5. The molecule has 0 radical (unpaired) electrons. The molecule has 138 valence electrons. The Bertz CT molecular complexity index is 937. The highest BCUT2D eigenvalue weighted by Crippen LogP contribution is 2.24. The third-order valence-electron chi connectivity index (χ3n) is 4.20. The van der Waals surface area contributed by atoms with Crippen LogP contribution in [0.2, 0.25) is 0 Å². The van der Waals surface area contributed by atoms with Gasteiger partial charge >= 0.3 is 0 Å². The van der Waals surface area contributed by atoms with Crippen molar-refractivity contribution in [3.63, 3.8) is 0 Å². The second-order valence-corrected chi connectivity index (χ2v) is 8.16. The number of nitrogens with one attached hydrogen (secondary N) is 1. The molecule has 0 aliphatic heterocycles. The number of benzene rings is 2. The van der Waals surface area contributed by atoms with Crippen molar-refractivity contribution >= 4 is 27.1 Å². The van der Waals surface area contributed by atoms with Crippen LogP contribution in [0.15, 0.2) is 47.4 Å². The average Bonchev–Trinajstić information content (AvgIpc) is 2.62. The molecule has 0 unspecified atom stereocenters. The first-order chi connectivity index (χ1) is 12.2. The number of hydrogen-bond acceptors (Lipinski definition) is 5. The number of nitrogens with zero attached hydrogens (tertiary/aromatic N) is 1. The van der Waals surface area contributed by atoms with Gasteiger partial charge in [-0.3, -0.25) is 14.9 Å². The zero-order valence-corrected chi connectivity index (χ0v) is 15.5. The van der Waals surface area contributed by atoms with E-state index in [-0.39, 0.29) is 10.6 Å². The molecule has 7 nitrogen and oxygen atoms in total. The van der Waals surface area contributed by atoms with Gasteiger partial charge in [-0.1, -0.05) is 25.1 Å². The molecule has 2 aromatic rings. The van der Waals surface area contributed by atoms with Crippen LogP contribution >= 0.6 is 0 Å². The van der Waals surface area contributed by atoms with Crippen LogP contribution in [0.4, 0.5) is 11.4 Å². The zero-order valence-electron chi connectivity index (χ0n) is 14.7. The quantitative estimate of drug-likeness (QED) is 0.615. The Morgan fingerprint density at radius 1 is 1.19 bits per heavy atom. The smallest absolute Gasteiger partial charge is 0.269 e. The van der Waals surface area contributed by atoms with Crippen LogP contribution in [0.3, 0.4) is 0 Å². The van der Waals surface area contributed by atoms with E-state index in [1.807, 2.05) is 32.0 Å². The Labute approximate surface area is 152 Å². The first-order valence-corrected chi connectivity index (χ1v) is 9.60. The fraction of sp³-hybridized carbons (Fsp3) is 0.278. The summed E-state index contributed by atoms with van der Waals surface area (Å²) in [6, 6.07) is 10.1. The molecule has 0 aliphatic carbocycles. The number of sulfone groups is 1. The largest absolute Gasteiger partial charge is 0.324 e. The number of nitro benzene ring substituents is 1. The number of nitro groups is 1. The lowest BCUT2D eigenvalue weighted by Gasteiger charge is -2.17. The van der Waals surface area contributed by atoms with Gasteiger partial charge in [0.05, 0.1) is 9.82 Å². The minimum Gasteiger partial charge on any atom is -0.324 e. The summed E-state index contributed by atoms with van der Waals surface area (Å²) in [5.41, 5.74) is 2.16. The SMILES string of the molecule is CCc1cccc(C)c1NC(=O)[C@H](C)S(=O)(=O)c1ccc([N+](=O)[O-])cc1. The van der Waals surface area contributed by atoms with Gasteiger partial charge in [0.15, 0.2) is 9.84 Å². The maximum atomic E-state index is 12.7. The molecule has 0 bridgehead atoms. The summed E-state index contributed by atoms with van der Waals surface area (Å²) in [6.45, 7) is 5.09. The van der Waals surface area contributed by atoms with Crippen LogP contribution < -0.4 is 5.32 Å². The number of para-hydroxylation sites is 1. The maximum Gasteiger partial charge on any atom is 0.269 e. The van der Waals surface area contributed by atoms with E-state index < -0.39 is 25.9 Å². The molecule has 1 atom stereocenters. The summed E-state index contributed by atoms with van der Waals surface area (Å²) in [5.74, 6) is -0.646. The molecule has 2 aromatic carbocycles. The van der Waals surface area contributed by atoms with Crippen molar-refractivity contribution in [3.05, 3.63) is 63.7 Å². The minimum absolute atomic E-state index is 0.133. The molecular formula is C18H20N2O5S. The van der Waals surface area contributed by atoms with Crippen LogP contribution in [-0.4, -0.2) is 24.5 Å². The third kappa shape index (κ3) is 3.91. The molecule has 2 rings (SSSR count). The number of aryl methyl sites for hydroxylation is 2. The summed E-state index contributed by atoms with van der Waals surface area (Å²) < 4.78 is 25.3. The topological polar surface area (TPSA) is 106 Å². The molecule has 0 saturated carbocycles. The fourth-order valence-electron chi connectivity index (χ4n) is 2.53. The van der Waals surface area contributed by atoms with Crippen LogP contribution in [0.5, 0.6) is 0 Å². The fourth-order valence-corrected chi connectivity index (χ4v) is 3.79. The summed E-state index contributed by atoms with van der Waals surface area (Å²) >= 11 is 0. The van der Waals surface area contributed by atoms with Gasteiger partial charge in [0, 0.05) is 17.8 Å². The van der Waals surface area contributed by atoms with E-state index >= 15 is 0 Å². The normalized spacial score (nSPS) is 12.4. The van der Waals surface area contributed by atoms with Crippen LogP contribution in [-0.2, 0) is 21.1 Å². The first kappa shape index (κ1) is 19.6. The van der Waals surface area contributed by atoms with Crippen LogP contribution in [0, 0.1) is 17.0 Å². The molecule has 0 heterocycles. The molecule has 8 heteroatoms. The van der Waals surface area contributed by atoms with E-state index in [0.29, 0.717) is 12.1 Å². The number of non-ortho nitro benzene ring substituents is 1. The van der Waals surface area contributed by atoms with Gasteiger partial charge in [-0.25, -0.2) is 8.42 Å². The highest BCUT2D eigenvalue weighted by Gasteiger charge is 2.30. The van der Waals surface area contributed by atoms with Gasteiger partial charge in [-0.2, -0.15) is 0 Å². The van der Waals surface area contributed by atoms with Crippen molar-refractivity contribution in [1.29, 1.82) is 0 Å². The van der Waals surface area contributed by atoms with Crippen LogP contribution in [0.1, 0.15) is 25.0 Å². The van der Waals surface area contributed by atoms with Crippen LogP contribution in [0.25, 0.3) is 0 Å². The second kappa shape index (κ2) is 7.65. The molecule has 0 aliphatic rings. The second-order valence-electron chi connectivity index (χ2n) is 5.89. The predicted molar refractivity (Wildman–Crippen MR) is 98.9 cm³/mol. The Kier molecular flexibility index (Phi) is 5.76. The molecule has 1 N–H and O–H groups in total. The lowest BCUT2D eigenvalue weighted by atomic mass is 10.1. The van der Waals surface area contributed by atoms with Crippen molar-refractivity contribution in [3.8, 4) is 0 Å². The van der Waals surface area contributed by atoms with E-state index in [1.54, 1.807) is 0 Å². The highest BCUT2D eigenvalue weighted by molar-refractivity contribution is 7.92. The van der Waals surface area contributed by atoms with Crippen molar-refractivity contribution < 1.29 is 18.1 Å². The van der Waals surface area contributed by atoms with Gasteiger partial charge in [0.25, 0.3) is 5.69 Å². The van der Waals surface area contributed by atoms with Crippen molar-refractivity contribution in [1.82, 2.24) is 0 Å². The van der Waals surface area contributed by atoms with E-state index in [1.165, 1.54) is 6.92 Å². The number of hydrogen-bond donors (Lipinski definition) is 1. The molecule has 1 amide bonds. The van der Waals surface area contributed by atoms with Gasteiger partial charge in [0.1, 0.15) is 5.25 Å². The summed E-state index contributed by atoms with van der Waals surface area (Å²) in [7, 11) is -3.97. The predicted octanol–water partition coefficient (Wildman–Crippen LogP) is 3.27. The van der Waals surface area contributed by atoms with Gasteiger partial charge < -0.3 is 5.32 Å². The van der Waals surface area contributed by atoms with E-state index in [0.717, 1.165) is 35.4 Å². The lowest BCUT2D eigenvalue weighted by Crippen LogP contribution is -2.33. The van der Waals surface area contributed by atoms with Crippen molar-refractivity contribution in [2.24, 2.45) is 0 Å². The van der Waals surface area contributed by atoms with Gasteiger partial charge in [-0.15, -0.1) is 0 Å². The molecule has 0 spiro atoms. The van der Waals surface area contributed by atoms with E-state index in [9.17, 15) is 23.3 Å². The maximum absolute atomic E-state index is 12.7. The summed E-state index contributed by atoms with van der Waals surface area (Å²) in [6.07, 6.45) is 0.695. The number of amides is 1. The monoisotopic (exact) mass is 376 g/mol. The average molecular weight is 376 g/mol. The Balaban J connectivity index is 2.28. The Morgan fingerprint density at radius 2 is 1.81 bits per heavy atom. The molecular weight excluding hydrogens is 356 g/mol. The number of carbonyl (C=O) groups is 1. The number of anilines is 1. The van der Waals surface area contributed by atoms with Crippen molar-refractivity contribution in [2.45, 2.75) is 37.3 Å². The van der Waals surface area contributed by atoms with Gasteiger partial charge in [-0.05, 0) is 43.5 Å². The first-order valence-electron chi connectivity index (χ1n) is 8.06. The minimum atomic E-state index is -3.97. The zero-order chi connectivity index (χ0) is 19.5. The molecule has 0 saturated heterocycles. The van der Waals surface area contributed by atoms with Gasteiger partial charge in [0.2, 0.25) is 5.91 Å². The molecule has 0 fully saturated rings. The highest BCUT2D eigenvalue weighted by atomic mass is 32.2. The lowest BCUT2D eigenvalue weighted by molar-refractivity contribution is -0.384.